The minimum absolute atomic E-state index is 0.886. The van der Waals surface area contributed by atoms with Crippen LogP contribution < -0.4 is 0 Å². The normalized spacial score (nSPS) is 10.7. The van der Waals surface area contributed by atoms with Crippen LogP contribution in [0.4, 0.5) is 0 Å². The van der Waals surface area contributed by atoms with Crippen molar-refractivity contribution in [2.24, 2.45) is 0 Å². The summed E-state index contributed by atoms with van der Waals surface area (Å²) in [5.74, 6) is 12.9. The smallest absolute Gasteiger partial charge is 0.177 e. The quantitative estimate of drug-likeness (QED) is 0.464. The van der Waals surface area contributed by atoms with E-state index in [1.165, 1.54) is 57.8 Å². The second-order valence-electron chi connectivity index (χ2n) is 5.07. The molecule has 0 saturated carbocycles. The molecular formula is C19H28O. The highest BCUT2D eigenvalue weighted by Crippen LogP contribution is 2.10. The van der Waals surface area contributed by atoms with Crippen LogP contribution in [0.25, 0.3) is 0 Å². The lowest BCUT2D eigenvalue weighted by Gasteiger charge is -2.00. The van der Waals surface area contributed by atoms with E-state index in [1.54, 1.807) is 0 Å². The summed E-state index contributed by atoms with van der Waals surface area (Å²) < 4.78 is 0. The maximum absolute atomic E-state index is 8.97. The Kier molecular flexibility index (Phi) is 14.6. The van der Waals surface area contributed by atoms with Crippen molar-refractivity contribution < 1.29 is 5.11 Å². The molecule has 1 nitrogen and oxygen atoms in total. The zero-order valence-electron chi connectivity index (χ0n) is 12.9. The Labute approximate surface area is 125 Å². The standard InChI is InChI=1S/C19H28O/c1-3-5-6-7-8-9-10-11-12-13-14-15-16-17-18-19(20)4-2/h2,19-20H,3,5-14H2,1H3. The topological polar surface area (TPSA) is 20.2 Å². The van der Waals surface area contributed by atoms with Crippen LogP contribution in [-0.2, 0) is 0 Å². The molecule has 0 heterocycles. The van der Waals surface area contributed by atoms with Gasteiger partial charge in [0.15, 0.2) is 6.10 Å². The van der Waals surface area contributed by atoms with E-state index in [9.17, 15) is 0 Å². The van der Waals surface area contributed by atoms with Crippen molar-refractivity contribution in [3.8, 4) is 36.0 Å². The minimum Gasteiger partial charge on any atom is -0.369 e. The molecule has 1 heteroatoms. The maximum Gasteiger partial charge on any atom is 0.177 e. The van der Waals surface area contributed by atoms with Gasteiger partial charge in [-0.3, -0.25) is 0 Å². The number of rotatable bonds is 10. The molecule has 0 aliphatic carbocycles. The molecule has 0 radical (unpaired) electrons. The van der Waals surface area contributed by atoms with Gasteiger partial charge in [-0.25, -0.2) is 0 Å². The van der Waals surface area contributed by atoms with Crippen LogP contribution in [0.1, 0.15) is 77.6 Å². The molecule has 1 atom stereocenters. The summed E-state index contributed by atoms with van der Waals surface area (Å²) in [4.78, 5) is 0. The fourth-order valence-electron chi connectivity index (χ4n) is 1.95. The summed E-state index contributed by atoms with van der Waals surface area (Å²) in [7, 11) is 0. The molecule has 0 rings (SSSR count). The molecule has 0 aliphatic rings. The molecule has 110 valence electrons. The zero-order chi connectivity index (χ0) is 14.9. The van der Waals surface area contributed by atoms with E-state index in [2.05, 4.69) is 36.5 Å². The highest BCUT2D eigenvalue weighted by Gasteiger charge is 1.91. The van der Waals surface area contributed by atoms with Crippen LogP contribution in [0.2, 0.25) is 0 Å². The number of hydrogen-bond donors (Lipinski definition) is 1. The first-order chi connectivity index (χ1) is 9.81. The number of unbranched alkanes of at least 4 members (excludes halogenated alkanes) is 10. The first-order valence-corrected chi connectivity index (χ1v) is 7.93. The molecule has 0 aliphatic heterocycles. The van der Waals surface area contributed by atoms with E-state index in [0.29, 0.717) is 0 Å². The monoisotopic (exact) mass is 272 g/mol. The molecule has 0 fully saturated rings. The van der Waals surface area contributed by atoms with Crippen LogP contribution in [-0.4, -0.2) is 11.2 Å². The van der Waals surface area contributed by atoms with Crippen LogP contribution in [0.5, 0.6) is 0 Å². The van der Waals surface area contributed by atoms with Crippen molar-refractivity contribution in [3.63, 3.8) is 0 Å². The third-order valence-corrected chi connectivity index (χ3v) is 3.17. The summed E-state index contributed by atoms with van der Waals surface area (Å²) in [6, 6.07) is 0. The van der Waals surface area contributed by atoms with Gasteiger partial charge in [-0.2, -0.15) is 0 Å². The van der Waals surface area contributed by atoms with Crippen LogP contribution in [0.3, 0.4) is 0 Å². The lowest BCUT2D eigenvalue weighted by molar-refractivity contribution is 0.290. The fourth-order valence-corrected chi connectivity index (χ4v) is 1.95. The van der Waals surface area contributed by atoms with Crippen molar-refractivity contribution in [1.82, 2.24) is 0 Å². The molecule has 0 bridgehead atoms. The van der Waals surface area contributed by atoms with Crippen molar-refractivity contribution in [1.29, 1.82) is 0 Å². The Hall–Kier alpha value is -1.36. The van der Waals surface area contributed by atoms with Crippen molar-refractivity contribution in [2.75, 3.05) is 0 Å². The van der Waals surface area contributed by atoms with Gasteiger partial charge in [0.05, 0.1) is 0 Å². The summed E-state index contributed by atoms with van der Waals surface area (Å²) in [6.45, 7) is 2.26. The second kappa shape index (κ2) is 15.7. The average Bonchev–Trinajstić information content (AvgIpc) is 2.47. The first-order valence-electron chi connectivity index (χ1n) is 7.93. The van der Waals surface area contributed by atoms with E-state index in [-0.39, 0.29) is 0 Å². The van der Waals surface area contributed by atoms with Gasteiger partial charge in [0.2, 0.25) is 0 Å². The third kappa shape index (κ3) is 14.7. The maximum atomic E-state index is 8.97. The second-order valence-corrected chi connectivity index (χ2v) is 5.07. The predicted octanol–water partition coefficient (Wildman–Crippen LogP) is 4.30. The average molecular weight is 272 g/mol. The van der Waals surface area contributed by atoms with Crippen LogP contribution >= 0.6 is 0 Å². The fraction of sp³-hybridized carbons (Fsp3) is 0.684. The molecule has 0 aromatic heterocycles. The molecule has 0 aromatic rings. The number of hydrogen-bond acceptors (Lipinski definition) is 1. The molecule has 0 saturated heterocycles. The molecule has 0 aromatic carbocycles. The Balaban J connectivity index is 3.27. The molecule has 1 unspecified atom stereocenters. The third-order valence-electron chi connectivity index (χ3n) is 3.17. The molecule has 0 amide bonds. The largest absolute Gasteiger partial charge is 0.369 e. The van der Waals surface area contributed by atoms with E-state index >= 15 is 0 Å². The Morgan fingerprint density at radius 1 is 0.850 bits per heavy atom. The van der Waals surface area contributed by atoms with Gasteiger partial charge in [0.1, 0.15) is 0 Å². The first kappa shape index (κ1) is 18.6. The van der Waals surface area contributed by atoms with Gasteiger partial charge >= 0.3 is 0 Å². The van der Waals surface area contributed by atoms with Gasteiger partial charge in [0, 0.05) is 6.42 Å². The van der Waals surface area contributed by atoms with Gasteiger partial charge in [-0.15, -0.1) is 6.42 Å². The van der Waals surface area contributed by atoms with Gasteiger partial charge in [-0.05, 0) is 24.2 Å². The lowest BCUT2D eigenvalue weighted by atomic mass is 10.1. The Morgan fingerprint density at radius 2 is 1.40 bits per heavy atom. The number of aliphatic hydroxyl groups is 1. The van der Waals surface area contributed by atoms with E-state index in [0.717, 1.165) is 12.8 Å². The molecule has 0 spiro atoms. The van der Waals surface area contributed by atoms with Crippen molar-refractivity contribution >= 4 is 0 Å². The predicted molar refractivity (Wildman–Crippen MR) is 86.9 cm³/mol. The van der Waals surface area contributed by atoms with E-state index in [1.807, 2.05) is 0 Å². The number of aliphatic hydroxyl groups excluding tert-OH is 1. The molecule has 1 N–H and O–H groups in total. The summed E-state index contributed by atoms with van der Waals surface area (Å²) in [5, 5.41) is 8.97. The van der Waals surface area contributed by atoms with Crippen LogP contribution in [0, 0.1) is 36.0 Å². The summed E-state index contributed by atoms with van der Waals surface area (Å²) in [6.07, 6.45) is 18.2. The van der Waals surface area contributed by atoms with Crippen LogP contribution in [0.15, 0.2) is 0 Å². The minimum atomic E-state index is -0.985. The Bertz CT molecular complexity index is 367. The summed E-state index contributed by atoms with van der Waals surface area (Å²) in [5.41, 5.74) is 0. The summed E-state index contributed by atoms with van der Waals surface area (Å²) >= 11 is 0. The van der Waals surface area contributed by atoms with Gasteiger partial charge in [0.25, 0.3) is 0 Å². The highest BCUT2D eigenvalue weighted by atomic mass is 16.3. The van der Waals surface area contributed by atoms with Gasteiger partial charge < -0.3 is 5.11 Å². The van der Waals surface area contributed by atoms with E-state index < -0.39 is 6.10 Å². The van der Waals surface area contributed by atoms with Gasteiger partial charge in [-0.1, -0.05) is 76.6 Å². The van der Waals surface area contributed by atoms with Crippen molar-refractivity contribution in [3.05, 3.63) is 0 Å². The zero-order valence-corrected chi connectivity index (χ0v) is 12.9. The Morgan fingerprint density at radius 3 is 1.95 bits per heavy atom. The van der Waals surface area contributed by atoms with Crippen molar-refractivity contribution in [2.45, 2.75) is 83.7 Å². The van der Waals surface area contributed by atoms with E-state index in [4.69, 9.17) is 11.5 Å². The SMILES string of the molecule is C#CC(O)C#CC#CCCCCCCCCCCCC. The highest BCUT2D eigenvalue weighted by molar-refractivity contribution is 5.29. The molecule has 20 heavy (non-hydrogen) atoms. The lowest BCUT2D eigenvalue weighted by Crippen LogP contribution is -1.95. The number of terminal acetylenes is 1. The molecular weight excluding hydrogens is 244 g/mol.